The summed E-state index contributed by atoms with van der Waals surface area (Å²) >= 11 is 0. The molecule has 7 heteroatoms. The third kappa shape index (κ3) is 3.74. The smallest absolute Gasteiger partial charge is 0.240 e. The van der Waals surface area contributed by atoms with Crippen molar-refractivity contribution in [1.29, 1.82) is 0 Å². The van der Waals surface area contributed by atoms with E-state index in [1.807, 2.05) is 31.2 Å². The number of carbonyl (C=O) groups is 1. The van der Waals surface area contributed by atoms with E-state index in [4.69, 9.17) is 4.74 Å². The van der Waals surface area contributed by atoms with E-state index < -0.39 is 10.0 Å². The van der Waals surface area contributed by atoms with Crippen molar-refractivity contribution in [3.8, 4) is 5.75 Å². The van der Waals surface area contributed by atoms with Crippen LogP contribution in [0.25, 0.3) is 0 Å². The lowest BCUT2D eigenvalue weighted by molar-refractivity contribution is -0.116. The predicted octanol–water partition coefficient (Wildman–Crippen LogP) is 2.19. The van der Waals surface area contributed by atoms with Gasteiger partial charge in [-0.15, -0.1) is 0 Å². The average molecular weight is 346 g/mol. The Bertz CT molecular complexity index is 878. The zero-order valence-corrected chi connectivity index (χ0v) is 14.0. The zero-order valence-electron chi connectivity index (χ0n) is 13.2. The maximum atomic E-state index is 12.5. The van der Waals surface area contributed by atoms with Gasteiger partial charge >= 0.3 is 0 Å². The van der Waals surface area contributed by atoms with Crippen LogP contribution < -0.4 is 14.8 Å². The van der Waals surface area contributed by atoms with Crippen molar-refractivity contribution in [3.05, 3.63) is 53.6 Å². The molecule has 1 amide bonds. The molecule has 0 radical (unpaired) electrons. The molecule has 2 aromatic rings. The molecule has 1 aliphatic rings. The summed E-state index contributed by atoms with van der Waals surface area (Å²) in [6.07, 6.45) is 0.238. The highest BCUT2D eigenvalue weighted by Crippen LogP contribution is 2.29. The third-order valence-corrected chi connectivity index (χ3v) is 5.07. The van der Waals surface area contributed by atoms with Crippen LogP contribution in [0.1, 0.15) is 17.5 Å². The summed E-state index contributed by atoms with van der Waals surface area (Å²) in [4.78, 5) is 11.7. The molecule has 6 nitrogen and oxygen atoms in total. The second-order valence-corrected chi connectivity index (χ2v) is 7.39. The highest BCUT2D eigenvalue weighted by atomic mass is 32.2. The minimum Gasteiger partial charge on any atom is -0.491 e. The second kappa shape index (κ2) is 6.62. The first kappa shape index (κ1) is 16.5. The van der Waals surface area contributed by atoms with Crippen LogP contribution in [0.15, 0.2) is 47.4 Å². The zero-order chi connectivity index (χ0) is 17.2. The Balaban J connectivity index is 1.81. The van der Waals surface area contributed by atoms with Crippen molar-refractivity contribution in [2.24, 2.45) is 0 Å². The fourth-order valence-electron chi connectivity index (χ4n) is 2.45. The van der Waals surface area contributed by atoms with Gasteiger partial charge in [0.2, 0.25) is 15.9 Å². The fraction of sp³-hybridized carbons (Fsp3) is 0.235. The van der Waals surface area contributed by atoms with Gasteiger partial charge in [-0.3, -0.25) is 4.79 Å². The van der Waals surface area contributed by atoms with E-state index in [1.165, 1.54) is 12.1 Å². The quantitative estimate of drug-likeness (QED) is 0.889. The molecule has 24 heavy (non-hydrogen) atoms. The van der Waals surface area contributed by atoms with E-state index in [2.05, 4.69) is 10.0 Å². The number of aryl methyl sites for hydroxylation is 1. The molecule has 1 heterocycles. The number of benzene rings is 2. The normalized spacial score (nSPS) is 14.3. The van der Waals surface area contributed by atoms with Crippen molar-refractivity contribution < 1.29 is 17.9 Å². The van der Waals surface area contributed by atoms with Gasteiger partial charge in [-0.05, 0) is 30.7 Å². The first-order valence-corrected chi connectivity index (χ1v) is 9.04. The summed E-state index contributed by atoms with van der Waals surface area (Å²) in [7, 11) is -3.69. The lowest BCUT2D eigenvalue weighted by Crippen LogP contribution is -2.23. The van der Waals surface area contributed by atoms with Crippen LogP contribution in [0.5, 0.6) is 5.75 Å². The molecular weight excluding hydrogens is 328 g/mol. The number of sulfonamides is 1. The molecule has 0 aliphatic carbocycles. The van der Waals surface area contributed by atoms with Gasteiger partial charge < -0.3 is 10.1 Å². The molecule has 3 rings (SSSR count). The average Bonchev–Trinajstić information content (AvgIpc) is 2.73. The molecule has 0 atom stereocenters. The summed E-state index contributed by atoms with van der Waals surface area (Å²) in [6.45, 7) is 2.42. The summed E-state index contributed by atoms with van der Waals surface area (Å²) in [5.74, 6) is 0.273. The van der Waals surface area contributed by atoms with Crippen LogP contribution in [0.3, 0.4) is 0 Å². The number of carbonyl (C=O) groups excluding carboxylic acids is 1. The van der Waals surface area contributed by atoms with E-state index in [0.29, 0.717) is 11.4 Å². The molecule has 0 aromatic heterocycles. The Kier molecular flexibility index (Phi) is 4.55. The summed E-state index contributed by atoms with van der Waals surface area (Å²) in [5.41, 5.74) is 2.32. The van der Waals surface area contributed by atoms with Crippen molar-refractivity contribution in [2.75, 3.05) is 11.9 Å². The fourth-order valence-corrected chi connectivity index (χ4v) is 3.49. The minimum atomic E-state index is -3.69. The number of rotatable bonds is 4. The molecule has 1 aliphatic heterocycles. The van der Waals surface area contributed by atoms with Gasteiger partial charge in [0.25, 0.3) is 0 Å². The third-order valence-electron chi connectivity index (χ3n) is 3.67. The highest BCUT2D eigenvalue weighted by molar-refractivity contribution is 7.89. The topological polar surface area (TPSA) is 84.5 Å². The van der Waals surface area contributed by atoms with Crippen LogP contribution in [0.4, 0.5) is 5.69 Å². The molecule has 0 saturated carbocycles. The molecular formula is C17H18N2O4S. The Hall–Kier alpha value is -2.38. The maximum Gasteiger partial charge on any atom is 0.240 e. The van der Waals surface area contributed by atoms with Crippen molar-refractivity contribution in [1.82, 2.24) is 4.72 Å². The molecule has 0 bridgehead atoms. The number of fused-ring (bicyclic) bond motifs is 1. The van der Waals surface area contributed by atoms with Gasteiger partial charge in [0.05, 0.1) is 23.6 Å². The SMILES string of the molecule is Cc1cccc(CNS(=O)(=O)c2ccc3c(c2)NC(=O)CCO3)c1. The maximum absolute atomic E-state index is 12.5. The monoisotopic (exact) mass is 346 g/mol. The Morgan fingerprint density at radius 1 is 1.21 bits per heavy atom. The summed E-state index contributed by atoms with van der Waals surface area (Å²) in [5, 5.41) is 2.66. The Labute approximate surface area is 140 Å². The molecule has 2 aromatic carbocycles. The van der Waals surface area contributed by atoms with Crippen molar-refractivity contribution in [3.63, 3.8) is 0 Å². The van der Waals surface area contributed by atoms with Gasteiger partial charge in [-0.25, -0.2) is 13.1 Å². The molecule has 0 saturated heterocycles. The molecule has 0 unspecified atom stereocenters. The van der Waals surface area contributed by atoms with E-state index in [1.54, 1.807) is 6.07 Å². The van der Waals surface area contributed by atoms with Gasteiger partial charge in [-0.1, -0.05) is 29.8 Å². The van der Waals surface area contributed by atoms with Crippen LogP contribution in [-0.4, -0.2) is 20.9 Å². The first-order valence-electron chi connectivity index (χ1n) is 7.56. The van der Waals surface area contributed by atoms with Gasteiger partial charge in [-0.2, -0.15) is 0 Å². The summed E-state index contributed by atoms with van der Waals surface area (Å²) in [6, 6.07) is 12.1. The van der Waals surface area contributed by atoms with E-state index in [9.17, 15) is 13.2 Å². The molecule has 0 fully saturated rings. The number of anilines is 1. The Morgan fingerprint density at radius 2 is 2.04 bits per heavy atom. The van der Waals surface area contributed by atoms with Crippen LogP contribution >= 0.6 is 0 Å². The van der Waals surface area contributed by atoms with Gasteiger partial charge in [0.15, 0.2) is 0 Å². The number of hydrogen-bond acceptors (Lipinski definition) is 4. The van der Waals surface area contributed by atoms with Crippen LogP contribution in [0, 0.1) is 6.92 Å². The van der Waals surface area contributed by atoms with E-state index in [0.717, 1.165) is 11.1 Å². The molecule has 126 valence electrons. The highest BCUT2D eigenvalue weighted by Gasteiger charge is 2.19. The molecule has 2 N–H and O–H groups in total. The lowest BCUT2D eigenvalue weighted by Gasteiger charge is -2.11. The van der Waals surface area contributed by atoms with Gasteiger partial charge in [0, 0.05) is 6.54 Å². The van der Waals surface area contributed by atoms with Crippen LogP contribution in [-0.2, 0) is 21.4 Å². The number of ether oxygens (including phenoxy) is 1. The van der Waals surface area contributed by atoms with Gasteiger partial charge in [0.1, 0.15) is 5.75 Å². The summed E-state index contributed by atoms with van der Waals surface area (Å²) < 4.78 is 33.0. The second-order valence-electron chi connectivity index (χ2n) is 5.62. The molecule has 0 spiro atoms. The predicted molar refractivity (Wildman–Crippen MR) is 90.4 cm³/mol. The standard InChI is InChI=1S/C17H18N2O4S/c1-12-3-2-4-13(9-12)11-18-24(21,22)14-5-6-16-15(10-14)19-17(20)7-8-23-16/h2-6,9-10,18H,7-8,11H2,1H3,(H,19,20). The van der Waals surface area contributed by atoms with Crippen molar-refractivity contribution >= 4 is 21.6 Å². The van der Waals surface area contributed by atoms with Crippen molar-refractivity contribution in [2.45, 2.75) is 24.8 Å². The minimum absolute atomic E-state index is 0.0831. The van der Waals surface area contributed by atoms with E-state index >= 15 is 0 Å². The largest absolute Gasteiger partial charge is 0.491 e. The Morgan fingerprint density at radius 3 is 2.83 bits per heavy atom. The number of amides is 1. The number of nitrogens with one attached hydrogen (secondary N) is 2. The van der Waals surface area contributed by atoms with E-state index in [-0.39, 0.29) is 30.4 Å². The number of hydrogen-bond donors (Lipinski definition) is 2. The van der Waals surface area contributed by atoms with Crippen LogP contribution in [0.2, 0.25) is 0 Å². The first-order chi connectivity index (χ1) is 11.4. The lowest BCUT2D eigenvalue weighted by atomic mass is 10.1.